The summed E-state index contributed by atoms with van der Waals surface area (Å²) in [5.41, 5.74) is 3.19. The highest BCUT2D eigenvalue weighted by atomic mass is 35.5. The number of anilines is 3. The molecule has 7 nitrogen and oxygen atoms in total. The average Bonchev–Trinajstić information content (AvgIpc) is 3.58. The third-order valence-corrected chi connectivity index (χ3v) is 6.81. The van der Waals surface area contributed by atoms with Gasteiger partial charge in [-0.1, -0.05) is 23.7 Å². The summed E-state index contributed by atoms with van der Waals surface area (Å²) in [7, 11) is 0. The van der Waals surface area contributed by atoms with Crippen LogP contribution in [0.3, 0.4) is 0 Å². The predicted molar refractivity (Wildman–Crippen MR) is 137 cm³/mol. The van der Waals surface area contributed by atoms with Crippen molar-refractivity contribution < 1.29 is 18.4 Å². The summed E-state index contributed by atoms with van der Waals surface area (Å²) in [6.07, 6.45) is 4.00. The van der Waals surface area contributed by atoms with Gasteiger partial charge in [-0.2, -0.15) is 0 Å². The number of ketones is 1. The zero-order chi connectivity index (χ0) is 24.6. The highest BCUT2D eigenvalue weighted by Gasteiger charge is 2.43. The first-order valence-electron chi connectivity index (χ1n) is 11.6. The van der Waals surface area contributed by atoms with Gasteiger partial charge in [-0.05, 0) is 67.1 Å². The number of halogens is 1. The van der Waals surface area contributed by atoms with Crippen molar-refractivity contribution >= 4 is 40.5 Å². The number of fused-ring (bicyclic) bond motifs is 1. The van der Waals surface area contributed by atoms with E-state index in [1.165, 1.54) is 0 Å². The molecule has 2 aromatic carbocycles. The lowest BCUT2D eigenvalue weighted by molar-refractivity contribution is -0.116. The molecule has 180 valence electrons. The summed E-state index contributed by atoms with van der Waals surface area (Å²) in [6.45, 7) is 0. The first kappa shape index (κ1) is 22.2. The standard InChI is InChI=1S/C28H22ClN3O4/c29-18-9-11-19(12-10-18)30-28(34)32-22-6-2-1-5-20(22)31-21-15-17(24-7-3-13-35-24)16-23(33)26(21)27(32)25-8-4-14-36-25/h1-14,17,27,31H,15-16H2,(H,30,34). The highest BCUT2D eigenvalue weighted by molar-refractivity contribution is 6.30. The molecule has 1 aliphatic heterocycles. The number of hydrogen-bond acceptors (Lipinski definition) is 5. The molecule has 3 heterocycles. The Morgan fingerprint density at radius 2 is 1.64 bits per heavy atom. The lowest BCUT2D eigenvalue weighted by Gasteiger charge is -2.33. The number of benzene rings is 2. The molecule has 8 heteroatoms. The maximum atomic E-state index is 13.9. The molecule has 0 saturated heterocycles. The van der Waals surface area contributed by atoms with Crippen LogP contribution in [0.15, 0.2) is 105 Å². The lowest BCUT2D eigenvalue weighted by atomic mass is 9.81. The number of urea groups is 1. The van der Waals surface area contributed by atoms with E-state index in [1.54, 1.807) is 53.8 Å². The molecule has 2 unspecified atom stereocenters. The lowest BCUT2D eigenvalue weighted by Crippen LogP contribution is -2.40. The Hall–Kier alpha value is -4.23. The van der Waals surface area contributed by atoms with E-state index in [0.717, 1.165) is 17.1 Å². The molecular weight excluding hydrogens is 478 g/mol. The quantitative estimate of drug-likeness (QED) is 0.313. The number of nitrogens with zero attached hydrogens (tertiary/aromatic N) is 1. The number of furan rings is 2. The van der Waals surface area contributed by atoms with Crippen LogP contribution in [0.2, 0.25) is 5.02 Å². The van der Waals surface area contributed by atoms with Gasteiger partial charge in [0.15, 0.2) is 5.78 Å². The van der Waals surface area contributed by atoms with E-state index in [-0.39, 0.29) is 18.1 Å². The molecule has 0 radical (unpaired) electrons. The van der Waals surface area contributed by atoms with E-state index in [0.29, 0.717) is 34.2 Å². The summed E-state index contributed by atoms with van der Waals surface area (Å²) in [4.78, 5) is 29.2. The van der Waals surface area contributed by atoms with Crippen LogP contribution >= 0.6 is 11.6 Å². The van der Waals surface area contributed by atoms with Gasteiger partial charge >= 0.3 is 6.03 Å². The number of nitrogens with one attached hydrogen (secondary N) is 2. The van der Waals surface area contributed by atoms with Crippen molar-refractivity contribution in [2.75, 3.05) is 15.5 Å². The molecule has 2 aliphatic rings. The Balaban J connectivity index is 1.49. The monoisotopic (exact) mass is 499 g/mol. The number of carbonyl (C=O) groups excluding carboxylic acids is 2. The van der Waals surface area contributed by atoms with Gasteiger partial charge < -0.3 is 19.5 Å². The van der Waals surface area contributed by atoms with E-state index in [9.17, 15) is 9.59 Å². The van der Waals surface area contributed by atoms with E-state index in [2.05, 4.69) is 10.6 Å². The predicted octanol–water partition coefficient (Wildman–Crippen LogP) is 7.13. The molecule has 36 heavy (non-hydrogen) atoms. The molecule has 0 saturated carbocycles. The van der Waals surface area contributed by atoms with E-state index in [1.807, 2.05) is 36.4 Å². The summed E-state index contributed by atoms with van der Waals surface area (Å²) in [6, 6.07) is 20.5. The van der Waals surface area contributed by atoms with Crippen molar-refractivity contribution in [2.45, 2.75) is 24.8 Å². The number of allylic oxidation sites excluding steroid dienone is 1. The van der Waals surface area contributed by atoms with Gasteiger partial charge in [0.25, 0.3) is 0 Å². The van der Waals surface area contributed by atoms with Crippen molar-refractivity contribution in [3.63, 3.8) is 0 Å². The second-order valence-electron chi connectivity index (χ2n) is 8.80. The van der Waals surface area contributed by atoms with Crippen LogP contribution in [0.25, 0.3) is 0 Å². The van der Waals surface area contributed by atoms with E-state index in [4.69, 9.17) is 20.4 Å². The molecule has 0 bridgehead atoms. The van der Waals surface area contributed by atoms with Gasteiger partial charge in [-0.3, -0.25) is 9.69 Å². The molecule has 0 fully saturated rings. The van der Waals surface area contributed by atoms with Gasteiger partial charge in [0, 0.05) is 34.3 Å². The second-order valence-corrected chi connectivity index (χ2v) is 9.24. The molecule has 2 atom stereocenters. The molecule has 0 spiro atoms. The first-order chi connectivity index (χ1) is 17.6. The number of rotatable bonds is 3. The van der Waals surface area contributed by atoms with Crippen molar-refractivity contribution in [3.8, 4) is 0 Å². The van der Waals surface area contributed by atoms with Crippen LogP contribution in [-0.2, 0) is 4.79 Å². The van der Waals surface area contributed by atoms with Crippen molar-refractivity contribution in [3.05, 3.63) is 113 Å². The smallest absolute Gasteiger partial charge is 0.327 e. The number of amides is 2. The van der Waals surface area contributed by atoms with Crippen LogP contribution in [0.1, 0.15) is 36.3 Å². The highest BCUT2D eigenvalue weighted by Crippen LogP contribution is 2.47. The van der Waals surface area contributed by atoms with Gasteiger partial charge in [0.2, 0.25) is 0 Å². The topological polar surface area (TPSA) is 87.7 Å². The van der Waals surface area contributed by atoms with Crippen molar-refractivity contribution in [2.24, 2.45) is 0 Å². The second kappa shape index (κ2) is 9.09. The fourth-order valence-electron chi connectivity index (χ4n) is 4.97. The van der Waals surface area contributed by atoms with E-state index >= 15 is 0 Å². The molecular formula is C28H22ClN3O4. The van der Waals surface area contributed by atoms with Crippen LogP contribution < -0.4 is 15.5 Å². The zero-order valence-electron chi connectivity index (χ0n) is 19.1. The first-order valence-corrected chi connectivity index (χ1v) is 12.0. The third-order valence-electron chi connectivity index (χ3n) is 6.56. The Bertz CT molecular complexity index is 1440. The zero-order valence-corrected chi connectivity index (χ0v) is 19.9. The van der Waals surface area contributed by atoms with Crippen LogP contribution in [0.4, 0.5) is 21.9 Å². The van der Waals surface area contributed by atoms with Crippen LogP contribution in [0.5, 0.6) is 0 Å². The number of Topliss-reactive ketones (excluding diaryl/α,β-unsaturated/α-hetero) is 1. The Labute approximate surface area is 212 Å². The van der Waals surface area contributed by atoms with Gasteiger partial charge in [0.05, 0.1) is 23.9 Å². The normalized spacial score (nSPS) is 19.2. The molecule has 4 aromatic rings. The number of carbonyl (C=O) groups is 2. The SMILES string of the molecule is O=C1CC(c2ccco2)CC2=C1C(c1ccco1)N(C(=O)Nc1ccc(Cl)cc1)c1ccccc1N2. The Morgan fingerprint density at radius 1 is 0.917 bits per heavy atom. The van der Waals surface area contributed by atoms with Gasteiger partial charge in [0.1, 0.15) is 17.6 Å². The van der Waals surface area contributed by atoms with Crippen molar-refractivity contribution in [1.29, 1.82) is 0 Å². The fourth-order valence-corrected chi connectivity index (χ4v) is 5.10. The van der Waals surface area contributed by atoms with Crippen molar-refractivity contribution in [1.82, 2.24) is 0 Å². The minimum Gasteiger partial charge on any atom is -0.469 e. The molecule has 6 rings (SSSR count). The molecule has 2 amide bonds. The molecule has 2 N–H and O–H groups in total. The van der Waals surface area contributed by atoms with E-state index < -0.39 is 12.1 Å². The van der Waals surface area contributed by atoms with Crippen LogP contribution in [-0.4, -0.2) is 11.8 Å². The Morgan fingerprint density at radius 3 is 2.36 bits per heavy atom. The van der Waals surface area contributed by atoms with Crippen LogP contribution in [0, 0.1) is 0 Å². The summed E-state index contributed by atoms with van der Waals surface area (Å²) < 4.78 is 11.4. The van der Waals surface area contributed by atoms with Gasteiger partial charge in [-0.25, -0.2) is 4.79 Å². The van der Waals surface area contributed by atoms with Gasteiger partial charge in [-0.15, -0.1) is 0 Å². The average molecular weight is 500 g/mol. The molecule has 1 aliphatic carbocycles. The minimum atomic E-state index is -0.761. The summed E-state index contributed by atoms with van der Waals surface area (Å²) >= 11 is 6.02. The third kappa shape index (κ3) is 3.97. The molecule has 2 aromatic heterocycles. The number of para-hydroxylation sites is 2. The largest absolute Gasteiger partial charge is 0.469 e. The summed E-state index contributed by atoms with van der Waals surface area (Å²) in [5, 5.41) is 6.99. The maximum absolute atomic E-state index is 13.9. The Kier molecular flexibility index (Phi) is 5.62. The fraction of sp³-hybridized carbons (Fsp3) is 0.143. The summed E-state index contributed by atoms with van der Waals surface area (Å²) in [5.74, 6) is 1.10. The maximum Gasteiger partial charge on any atom is 0.327 e. The number of hydrogen-bond donors (Lipinski definition) is 2. The minimum absolute atomic E-state index is 0.0661.